The number of nitrogens with zero attached hydrogens (tertiary/aromatic N) is 2. The van der Waals surface area contributed by atoms with Crippen LogP contribution in [0.3, 0.4) is 0 Å². The predicted molar refractivity (Wildman–Crippen MR) is 60.2 cm³/mol. The summed E-state index contributed by atoms with van der Waals surface area (Å²) >= 11 is 0. The van der Waals surface area contributed by atoms with E-state index in [1.807, 2.05) is 6.07 Å². The summed E-state index contributed by atoms with van der Waals surface area (Å²) in [6.45, 7) is 2.90. The van der Waals surface area contributed by atoms with Crippen LogP contribution in [0.25, 0.3) is 0 Å². The number of aromatic amines is 1. The normalized spacial score (nSPS) is 29.8. The Bertz CT molecular complexity index is 392. The van der Waals surface area contributed by atoms with Gasteiger partial charge in [0.25, 0.3) is 0 Å². The van der Waals surface area contributed by atoms with E-state index in [1.165, 1.54) is 0 Å². The van der Waals surface area contributed by atoms with E-state index in [0.717, 1.165) is 31.7 Å². The molecule has 0 saturated carbocycles. The summed E-state index contributed by atoms with van der Waals surface area (Å²) in [4.78, 5) is 13.6. The molecule has 6 nitrogen and oxygen atoms in total. The molecule has 1 aromatic rings. The number of amides is 1. The number of fused-ring (bicyclic) bond motifs is 1. The topological polar surface area (TPSA) is 70.2 Å². The zero-order valence-electron chi connectivity index (χ0n) is 9.56. The van der Waals surface area contributed by atoms with Crippen LogP contribution in [0.4, 0.5) is 0 Å². The molecule has 2 aliphatic heterocycles. The Balaban J connectivity index is 1.60. The monoisotopic (exact) mass is 236 g/mol. The van der Waals surface area contributed by atoms with Crippen molar-refractivity contribution in [2.24, 2.45) is 0 Å². The first-order valence-corrected chi connectivity index (χ1v) is 5.93. The van der Waals surface area contributed by atoms with Crippen LogP contribution in [0, 0.1) is 0 Å². The average molecular weight is 236 g/mol. The minimum Gasteiger partial charge on any atom is -0.366 e. The molecule has 0 aliphatic carbocycles. The van der Waals surface area contributed by atoms with Gasteiger partial charge < -0.3 is 10.1 Å². The Hall–Kier alpha value is -1.40. The fraction of sp³-hybridized carbons (Fsp3) is 0.636. The van der Waals surface area contributed by atoms with Gasteiger partial charge in [0, 0.05) is 31.5 Å². The van der Waals surface area contributed by atoms with Crippen molar-refractivity contribution < 1.29 is 9.53 Å². The van der Waals surface area contributed by atoms with Gasteiger partial charge in [-0.1, -0.05) is 0 Å². The molecule has 0 unspecified atom stereocenters. The first-order valence-electron chi connectivity index (χ1n) is 5.93. The largest absolute Gasteiger partial charge is 0.366 e. The van der Waals surface area contributed by atoms with E-state index in [4.69, 9.17) is 4.74 Å². The Labute approximate surface area is 99.3 Å². The Morgan fingerprint density at radius 1 is 1.59 bits per heavy atom. The van der Waals surface area contributed by atoms with Crippen LogP contribution in [0.2, 0.25) is 0 Å². The van der Waals surface area contributed by atoms with E-state index in [-0.39, 0.29) is 24.7 Å². The predicted octanol–water partition coefficient (Wildman–Crippen LogP) is -0.501. The molecule has 2 fully saturated rings. The molecule has 2 atom stereocenters. The smallest absolute Gasteiger partial charge is 0.246 e. The Morgan fingerprint density at radius 2 is 2.53 bits per heavy atom. The average Bonchev–Trinajstić information content (AvgIpc) is 2.81. The molecular formula is C11H16N4O2. The highest BCUT2D eigenvalue weighted by molar-refractivity contribution is 5.78. The van der Waals surface area contributed by atoms with Gasteiger partial charge in [-0.25, -0.2) is 0 Å². The highest BCUT2D eigenvalue weighted by atomic mass is 16.5. The van der Waals surface area contributed by atoms with Gasteiger partial charge in [-0.05, 0) is 12.5 Å². The second-order valence-electron chi connectivity index (χ2n) is 4.63. The quantitative estimate of drug-likeness (QED) is 0.726. The summed E-state index contributed by atoms with van der Waals surface area (Å²) in [7, 11) is 0. The number of piperidine rings is 1. The second kappa shape index (κ2) is 4.46. The molecule has 3 heterocycles. The van der Waals surface area contributed by atoms with Crippen LogP contribution >= 0.6 is 0 Å². The van der Waals surface area contributed by atoms with Crippen LogP contribution in [0.1, 0.15) is 12.1 Å². The van der Waals surface area contributed by atoms with E-state index >= 15 is 0 Å². The second-order valence-corrected chi connectivity index (χ2v) is 4.63. The molecule has 2 saturated heterocycles. The zero-order chi connectivity index (χ0) is 11.7. The van der Waals surface area contributed by atoms with E-state index in [9.17, 15) is 4.79 Å². The first-order chi connectivity index (χ1) is 8.31. The molecule has 92 valence electrons. The molecule has 2 aliphatic rings. The lowest BCUT2D eigenvalue weighted by Gasteiger charge is -2.40. The fourth-order valence-electron chi connectivity index (χ4n) is 2.52. The third-order valence-electron chi connectivity index (χ3n) is 3.36. The van der Waals surface area contributed by atoms with Gasteiger partial charge in [0.15, 0.2) is 0 Å². The van der Waals surface area contributed by atoms with Crippen molar-refractivity contribution in [2.75, 3.05) is 19.7 Å². The van der Waals surface area contributed by atoms with Crippen molar-refractivity contribution in [3.63, 3.8) is 0 Å². The van der Waals surface area contributed by atoms with Gasteiger partial charge >= 0.3 is 0 Å². The number of carbonyl (C=O) groups is 1. The van der Waals surface area contributed by atoms with E-state index in [0.29, 0.717) is 0 Å². The third kappa shape index (κ3) is 2.32. The maximum Gasteiger partial charge on any atom is 0.246 e. The molecule has 3 rings (SSSR count). The molecule has 0 spiro atoms. The number of nitrogens with one attached hydrogen (secondary N) is 2. The number of hydrogen-bond acceptors (Lipinski definition) is 4. The van der Waals surface area contributed by atoms with Crippen LogP contribution < -0.4 is 5.32 Å². The van der Waals surface area contributed by atoms with E-state index < -0.39 is 0 Å². The zero-order valence-corrected chi connectivity index (χ0v) is 9.56. The molecule has 1 aromatic heterocycles. The number of likely N-dealkylation sites (tertiary alicyclic amines) is 1. The number of morpholine rings is 1. The minimum atomic E-state index is -0.00496. The molecule has 2 N–H and O–H groups in total. The maximum absolute atomic E-state index is 11.3. The van der Waals surface area contributed by atoms with Crippen LogP contribution in [-0.4, -0.2) is 52.8 Å². The lowest BCUT2D eigenvalue weighted by atomic mass is 10.0. The summed E-state index contributed by atoms with van der Waals surface area (Å²) in [6, 6.07) is 2.11. The van der Waals surface area contributed by atoms with Crippen LogP contribution in [0.15, 0.2) is 12.3 Å². The van der Waals surface area contributed by atoms with Crippen molar-refractivity contribution >= 4 is 5.91 Å². The summed E-state index contributed by atoms with van der Waals surface area (Å²) in [5, 5.41) is 9.89. The summed E-state index contributed by atoms with van der Waals surface area (Å²) < 4.78 is 5.52. The number of H-pyrrole nitrogens is 1. The van der Waals surface area contributed by atoms with Gasteiger partial charge in [0.1, 0.15) is 6.61 Å². The van der Waals surface area contributed by atoms with E-state index in [1.54, 1.807) is 6.20 Å². The van der Waals surface area contributed by atoms with Crippen molar-refractivity contribution in [3.8, 4) is 0 Å². The number of aromatic nitrogens is 2. The van der Waals surface area contributed by atoms with Crippen LogP contribution in [0.5, 0.6) is 0 Å². The number of rotatable bonds is 2. The lowest BCUT2D eigenvalue weighted by Crippen LogP contribution is -2.60. The standard InChI is InChI=1S/C11H16N4O2/c16-11-7-17-10-2-4-15(6-9(10)13-11)5-8-1-3-12-14-8/h1,3,9-10H,2,4-7H2,(H,12,14)(H,13,16)/t9-,10-/m0/s1. The molecule has 6 heteroatoms. The van der Waals surface area contributed by atoms with Gasteiger partial charge in [0.2, 0.25) is 5.91 Å². The van der Waals surface area contributed by atoms with Crippen LogP contribution in [-0.2, 0) is 16.1 Å². The summed E-state index contributed by atoms with van der Waals surface area (Å²) in [6.07, 6.45) is 2.91. The molecule has 0 aromatic carbocycles. The Morgan fingerprint density at radius 3 is 3.35 bits per heavy atom. The highest BCUT2D eigenvalue weighted by Gasteiger charge is 2.34. The summed E-state index contributed by atoms with van der Waals surface area (Å²) in [5.74, 6) is -0.00496. The fourth-order valence-corrected chi connectivity index (χ4v) is 2.52. The maximum atomic E-state index is 11.3. The summed E-state index contributed by atoms with van der Waals surface area (Å²) in [5.41, 5.74) is 1.10. The molecule has 1 amide bonds. The van der Waals surface area contributed by atoms with Gasteiger partial charge in [-0.3, -0.25) is 14.8 Å². The molecule has 0 bridgehead atoms. The number of carbonyl (C=O) groups excluding carboxylic acids is 1. The highest BCUT2D eigenvalue weighted by Crippen LogP contribution is 2.18. The van der Waals surface area contributed by atoms with E-state index in [2.05, 4.69) is 20.4 Å². The minimum absolute atomic E-state index is 0.00496. The number of ether oxygens (including phenoxy) is 1. The van der Waals surface area contributed by atoms with Gasteiger partial charge in [0.05, 0.1) is 12.1 Å². The lowest BCUT2D eigenvalue weighted by molar-refractivity contribution is -0.140. The molecular weight excluding hydrogens is 220 g/mol. The van der Waals surface area contributed by atoms with Crippen molar-refractivity contribution in [1.82, 2.24) is 20.4 Å². The number of hydrogen-bond donors (Lipinski definition) is 2. The molecule has 0 radical (unpaired) electrons. The van der Waals surface area contributed by atoms with Gasteiger partial charge in [-0.2, -0.15) is 5.10 Å². The van der Waals surface area contributed by atoms with Gasteiger partial charge in [-0.15, -0.1) is 0 Å². The third-order valence-corrected chi connectivity index (χ3v) is 3.36. The Kier molecular flexibility index (Phi) is 2.82. The van der Waals surface area contributed by atoms with Crippen molar-refractivity contribution in [3.05, 3.63) is 18.0 Å². The first kappa shape index (κ1) is 10.7. The molecule has 17 heavy (non-hydrogen) atoms. The van der Waals surface area contributed by atoms with Crippen molar-refractivity contribution in [1.29, 1.82) is 0 Å². The SMILES string of the molecule is O=C1CO[C@H]2CCN(Cc3ccn[nH]3)C[C@@H]2N1. The van der Waals surface area contributed by atoms with Crippen molar-refractivity contribution in [2.45, 2.75) is 25.1 Å².